The fourth-order valence-electron chi connectivity index (χ4n) is 3.42. The van der Waals surface area contributed by atoms with E-state index in [2.05, 4.69) is 25.9 Å². The van der Waals surface area contributed by atoms with Crippen LogP contribution in [-0.2, 0) is 30.4 Å². The van der Waals surface area contributed by atoms with E-state index in [1.54, 1.807) is 0 Å². The van der Waals surface area contributed by atoms with Crippen molar-refractivity contribution in [3.05, 3.63) is 18.2 Å². The summed E-state index contributed by atoms with van der Waals surface area (Å²) in [6.45, 7) is 0.793. The number of hydrogen-bond donors (Lipinski definition) is 9. The molecule has 0 radical (unpaired) electrons. The zero-order valence-electron chi connectivity index (χ0n) is 20.7. The summed E-state index contributed by atoms with van der Waals surface area (Å²) in [5.41, 5.74) is 17.5. The Kier molecular flexibility index (Phi) is 14.5. The Balaban J connectivity index is 3.02. The number of rotatable bonds is 19. The van der Waals surface area contributed by atoms with Crippen LogP contribution in [0.1, 0.15) is 50.6 Å². The van der Waals surface area contributed by atoms with E-state index in [4.69, 9.17) is 22.3 Å². The number of imidazole rings is 1. The van der Waals surface area contributed by atoms with Crippen LogP contribution in [0.25, 0.3) is 0 Å². The lowest BCUT2D eigenvalue weighted by molar-refractivity contribution is -0.147. The molecule has 4 unspecified atom stereocenters. The van der Waals surface area contributed by atoms with Crippen molar-refractivity contribution in [1.82, 2.24) is 25.9 Å². The number of aromatic nitrogens is 2. The minimum Gasteiger partial charge on any atom is -0.481 e. The lowest BCUT2D eigenvalue weighted by Gasteiger charge is -2.25. The number of aromatic amines is 1. The number of aliphatic carboxylic acids is 2. The van der Waals surface area contributed by atoms with Crippen molar-refractivity contribution in [1.29, 1.82) is 0 Å². The number of nitrogens with one attached hydrogen (secondary N) is 4. The number of amides is 3. The normalized spacial score (nSPS) is 14.1. The van der Waals surface area contributed by atoms with Crippen LogP contribution in [0.3, 0.4) is 0 Å². The van der Waals surface area contributed by atoms with E-state index in [9.17, 15) is 29.1 Å². The molecule has 0 aromatic carbocycles. The van der Waals surface area contributed by atoms with Gasteiger partial charge < -0.3 is 48.3 Å². The molecule has 0 aliphatic carbocycles. The first-order valence-corrected chi connectivity index (χ1v) is 12.1. The van der Waals surface area contributed by atoms with Gasteiger partial charge in [-0.25, -0.2) is 9.78 Å². The van der Waals surface area contributed by atoms with Crippen LogP contribution >= 0.6 is 0 Å². The Labute approximate surface area is 214 Å². The molecule has 0 bridgehead atoms. The summed E-state index contributed by atoms with van der Waals surface area (Å²) in [6.07, 6.45) is 4.81. The van der Waals surface area contributed by atoms with Gasteiger partial charge in [0.1, 0.15) is 18.1 Å². The average molecular weight is 527 g/mol. The molecule has 1 aromatic rings. The molecule has 12 N–H and O–H groups in total. The molecule has 0 fully saturated rings. The molecule has 15 nitrogen and oxygen atoms in total. The number of carboxylic acids is 2. The van der Waals surface area contributed by atoms with Crippen LogP contribution in [-0.4, -0.2) is 87.1 Å². The van der Waals surface area contributed by atoms with Crippen LogP contribution in [0, 0.1) is 0 Å². The molecule has 0 spiro atoms. The summed E-state index contributed by atoms with van der Waals surface area (Å²) in [5, 5.41) is 25.5. The van der Waals surface area contributed by atoms with Gasteiger partial charge in [-0.3, -0.25) is 19.2 Å². The van der Waals surface area contributed by atoms with Gasteiger partial charge in [-0.05, 0) is 45.2 Å². The quantitative estimate of drug-likeness (QED) is 0.0853. The number of nitrogens with zero attached hydrogens (tertiary/aromatic N) is 1. The Morgan fingerprint density at radius 1 is 0.838 bits per heavy atom. The minimum absolute atomic E-state index is 0.0149. The first-order valence-electron chi connectivity index (χ1n) is 12.1. The largest absolute Gasteiger partial charge is 0.481 e. The number of H-pyrrole nitrogens is 1. The maximum Gasteiger partial charge on any atom is 0.326 e. The van der Waals surface area contributed by atoms with Gasteiger partial charge in [0.2, 0.25) is 17.7 Å². The summed E-state index contributed by atoms with van der Waals surface area (Å²) in [5.74, 6) is -5.09. The highest BCUT2D eigenvalue weighted by molar-refractivity contribution is 5.94. The van der Waals surface area contributed by atoms with Gasteiger partial charge >= 0.3 is 11.9 Å². The molecule has 208 valence electrons. The number of carboxylic acid groups (broad SMARTS) is 2. The van der Waals surface area contributed by atoms with Crippen molar-refractivity contribution in [2.24, 2.45) is 17.2 Å². The van der Waals surface area contributed by atoms with Crippen molar-refractivity contribution < 1.29 is 34.2 Å². The number of hydrogen-bond acceptors (Lipinski definition) is 9. The van der Waals surface area contributed by atoms with Gasteiger partial charge in [-0.2, -0.15) is 0 Å². The molecule has 1 aromatic heterocycles. The third kappa shape index (κ3) is 12.3. The van der Waals surface area contributed by atoms with E-state index in [1.807, 2.05) is 0 Å². The number of carbonyl (C=O) groups is 5. The first kappa shape index (κ1) is 31.5. The topological polar surface area (TPSA) is 269 Å². The Morgan fingerprint density at radius 3 is 1.95 bits per heavy atom. The molecule has 0 aliphatic heterocycles. The van der Waals surface area contributed by atoms with Crippen LogP contribution in [0.5, 0.6) is 0 Å². The third-order valence-electron chi connectivity index (χ3n) is 5.49. The van der Waals surface area contributed by atoms with Crippen LogP contribution < -0.4 is 33.2 Å². The maximum atomic E-state index is 13.2. The molecule has 37 heavy (non-hydrogen) atoms. The molecule has 15 heteroatoms. The maximum absolute atomic E-state index is 13.2. The van der Waals surface area contributed by atoms with Gasteiger partial charge in [0.15, 0.2) is 0 Å². The molecule has 1 rings (SSSR count). The van der Waals surface area contributed by atoms with Crippen molar-refractivity contribution >= 4 is 29.7 Å². The third-order valence-corrected chi connectivity index (χ3v) is 5.49. The molecule has 3 amide bonds. The van der Waals surface area contributed by atoms with Crippen LogP contribution in [0.15, 0.2) is 12.5 Å². The fraction of sp³-hybridized carbons (Fsp3) is 0.636. The van der Waals surface area contributed by atoms with E-state index in [0.717, 1.165) is 0 Å². The summed E-state index contributed by atoms with van der Waals surface area (Å²) in [6, 6.07) is -4.90. The van der Waals surface area contributed by atoms with Gasteiger partial charge in [0.25, 0.3) is 0 Å². The lowest BCUT2D eigenvalue weighted by Crippen LogP contribution is -2.57. The zero-order chi connectivity index (χ0) is 27.8. The first-order chi connectivity index (χ1) is 17.6. The Hall–Kier alpha value is -3.56. The summed E-state index contributed by atoms with van der Waals surface area (Å²) in [4.78, 5) is 67.8. The molecular weight excluding hydrogens is 488 g/mol. The summed E-state index contributed by atoms with van der Waals surface area (Å²) < 4.78 is 0. The predicted octanol–water partition coefficient (Wildman–Crippen LogP) is -2.45. The van der Waals surface area contributed by atoms with Gasteiger partial charge in [0, 0.05) is 18.3 Å². The second kappa shape index (κ2) is 17.0. The smallest absolute Gasteiger partial charge is 0.326 e. The zero-order valence-corrected chi connectivity index (χ0v) is 20.7. The molecule has 4 atom stereocenters. The van der Waals surface area contributed by atoms with Crippen molar-refractivity contribution in [2.75, 3.05) is 13.1 Å². The van der Waals surface area contributed by atoms with E-state index in [1.165, 1.54) is 12.5 Å². The second-order valence-corrected chi connectivity index (χ2v) is 8.58. The number of carbonyl (C=O) groups excluding carboxylic acids is 3. The highest BCUT2D eigenvalue weighted by atomic mass is 16.4. The predicted molar refractivity (Wildman–Crippen MR) is 132 cm³/mol. The number of unbranched alkanes of at least 4 members (excludes halogenated alkanes) is 2. The second-order valence-electron chi connectivity index (χ2n) is 8.58. The monoisotopic (exact) mass is 526 g/mol. The fourth-order valence-corrected chi connectivity index (χ4v) is 3.42. The van der Waals surface area contributed by atoms with Crippen molar-refractivity contribution in [2.45, 2.75) is 75.5 Å². The molecule has 0 saturated heterocycles. The van der Waals surface area contributed by atoms with Gasteiger partial charge in [0.05, 0.1) is 18.8 Å². The Morgan fingerprint density at radius 2 is 1.41 bits per heavy atom. The summed E-state index contributed by atoms with van der Waals surface area (Å²) >= 11 is 0. The van der Waals surface area contributed by atoms with Crippen LogP contribution in [0.2, 0.25) is 0 Å². The van der Waals surface area contributed by atoms with E-state index in [0.29, 0.717) is 50.9 Å². The molecule has 1 heterocycles. The average Bonchev–Trinajstić information content (AvgIpc) is 3.35. The van der Waals surface area contributed by atoms with Crippen molar-refractivity contribution in [3.63, 3.8) is 0 Å². The van der Waals surface area contributed by atoms with E-state index in [-0.39, 0.29) is 12.8 Å². The highest BCUT2D eigenvalue weighted by Gasteiger charge is 2.31. The Bertz CT molecular complexity index is 880. The van der Waals surface area contributed by atoms with Crippen molar-refractivity contribution in [3.8, 4) is 0 Å². The standard InChI is InChI=1S/C22H38N8O7/c23-7-3-1-5-14(25)19(33)29-16(9-13-11-26-12-27-13)21(35)28-15(6-2-4-8-24)20(34)30-17(22(36)37)10-18(31)32/h11-12,14-17H,1-10,23-25H2,(H,26,27)(H,28,35)(H,29,33)(H,30,34)(H,31,32)(H,36,37). The highest BCUT2D eigenvalue weighted by Crippen LogP contribution is 2.07. The minimum atomic E-state index is -1.69. The molecule has 0 saturated carbocycles. The lowest BCUT2D eigenvalue weighted by atomic mass is 10.0. The van der Waals surface area contributed by atoms with Gasteiger partial charge in [-0.15, -0.1) is 0 Å². The summed E-state index contributed by atoms with van der Waals surface area (Å²) in [7, 11) is 0. The van der Waals surface area contributed by atoms with Crippen LogP contribution in [0.4, 0.5) is 0 Å². The van der Waals surface area contributed by atoms with E-state index < -0.39 is 60.2 Å². The molecular formula is C22H38N8O7. The number of nitrogens with two attached hydrogens (primary N) is 3. The molecule has 0 aliphatic rings. The van der Waals surface area contributed by atoms with Gasteiger partial charge in [-0.1, -0.05) is 6.42 Å². The SMILES string of the molecule is NCCCCC(N)C(=O)NC(Cc1cnc[nH]1)C(=O)NC(CCCCN)C(=O)NC(CC(=O)O)C(=O)O. The van der Waals surface area contributed by atoms with E-state index >= 15 is 0 Å².